The Balaban J connectivity index is 0.000000673. The van der Waals surface area contributed by atoms with E-state index < -0.39 is 11.8 Å². The Bertz CT molecular complexity index is 186. The second kappa shape index (κ2) is 6.45. The highest BCUT2D eigenvalue weighted by Crippen LogP contribution is 2.38. The van der Waals surface area contributed by atoms with Gasteiger partial charge in [0.25, 0.3) is 0 Å². The van der Waals surface area contributed by atoms with Gasteiger partial charge >= 0.3 is 6.18 Å². The first-order valence-corrected chi connectivity index (χ1v) is 5.82. The van der Waals surface area contributed by atoms with Crippen molar-refractivity contribution in [2.24, 2.45) is 0 Å². The minimum atomic E-state index is -4.48. The third-order valence-corrected chi connectivity index (χ3v) is 2.66. The standard InChI is InChI=1S/C8H14F3NO.C3H8/c1-2-12-5-3-7(13,4-6-12)8(9,10)11;1-3-2/h13H,2-6H2,1H3;3H2,1-2H3. The molecule has 0 saturated carbocycles. The molecule has 0 aliphatic carbocycles. The van der Waals surface area contributed by atoms with E-state index in [1.807, 2.05) is 11.8 Å². The molecule has 1 aliphatic heterocycles. The van der Waals surface area contributed by atoms with E-state index in [9.17, 15) is 18.3 Å². The van der Waals surface area contributed by atoms with Crippen LogP contribution in [0.1, 0.15) is 40.0 Å². The van der Waals surface area contributed by atoms with Gasteiger partial charge in [-0.25, -0.2) is 0 Å². The van der Waals surface area contributed by atoms with Crippen molar-refractivity contribution in [3.8, 4) is 0 Å². The van der Waals surface area contributed by atoms with Crippen LogP contribution in [0.2, 0.25) is 0 Å². The van der Waals surface area contributed by atoms with Gasteiger partial charge in [-0.15, -0.1) is 0 Å². The van der Waals surface area contributed by atoms with Gasteiger partial charge in [0.15, 0.2) is 5.60 Å². The molecule has 1 heterocycles. The van der Waals surface area contributed by atoms with Crippen LogP contribution in [-0.4, -0.2) is 41.4 Å². The summed E-state index contributed by atoms with van der Waals surface area (Å²) in [6.45, 7) is 7.55. The molecule has 5 heteroatoms. The summed E-state index contributed by atoms with van der Waals surface area (Å²) in [5.74, 6) is 0. The molecule has 98 valence electrons. The molecule has 0 aromatic carbocycles. The number of nitrogens with zero attached hydrogens (tertiary/aromatic N) is 1. The zero-order valence-corrected chi connectivity index (χ0v) is 10.3. The van der Waals surface area contributed by atoms with Crippen molar-refractivity contribution in [1.29, 1.82) is 0 Å². The summed E-state index contributed by atoms with van der Waals surface area (Å²) < 4.78 is 36.9. The lowest BCUT2D eigenvalue weighted by Gasteiger charge is -2.38. The van der Waals surface area contributed by atoms with Gasteiger partial charge < -0.3 is 10.0 Å². The van der Waals surface area contributed by atoms with Gasteiger partial charge in [-0.05, 0) is 19.4 Å². The lowest BCUT2D eigenvalue weighted by Crippen LogP contribution is -2.53. The highest BCUT2D eigenvalue weighted by atomic mass is 19.4. The predicted molar refractivity (Wildman–Crippen MR) is 58.3 cm³/mol. The number of halogens is 3. The molecule has 0 radical (unpaired) electrons. The van der Waals surface area contributed by atoms with Gasteiger partial charge in [-0.1, -0.05) is 27.2 Å². The SMILES string of the molecule is CCC.CCN1CCC(O)(C(F)(F)F)CC1. The van der Waals surface area contributed by atoms with Crippen LogP contribution in [0, 0.1) is 0 Å². The Morgan fingerprint density at radius 3 is 1.75 bits per heavy atom. The molecule has 0 bridgehead atoms. The fourth-order valence-corrected chi connectivity index (χ4v) is 1.52. The van der Waals surface area contributed by atoms with E-state index in [4.69, 9.17) is 0 Å². The van der Waals surface area contributed by atoms with Crippen molar-refractivity contribution in [2.75, 3.05) is 19.6 Å². The van der Waals surface area contributed by atoms with Crippen LogP contribution in [0.4, 0.5) is 13.2 Å². The monoisotopic (exact) mass is 241 g/mol. The van der Waals surface area contributed by atoms with E-state index in [1.54, 1.807) is 0 Å². The number of hydrogen-bond donors (Lipinski definition) is 1. The number of alkyl halides is 3. The molecule has 0 amide bonds. The number of rotatable bonds is 1. The predicted octanol–water partition coefficient (Wildman–Crippen LogP) is 2.81. The maximum absolute atomic E-state index is 12.3. The summed E-state index contributed by atoms with van der Waals surface area (Å²) in [6.07, 6.45) is -3.64. The van der Waals surface area contributed by atoms with Gasteiger partial charge in [-0.3, -0.25) is 0 Å². The zero-order valence-electron chi connectivity index (χ0n) is 10.3. The fraction of sp³-hybridized carbons (Fsp3) is 1.00. The molecular weight excluding hydrogens is 219 g/mol. The second-order valence-corrected chi connectivity index (χ2v) is 4.17. The Hall–Kier alpha value is -0.290. The Morgan fingerprint density at radius 2 is 1.50 bits per heavy atom. The van der Waals surface area contributed by atoms with Gasteiger partial charge in [0, 0.05) is 13.1 Å². The molecule has 0 aromatic rings. The maximum atomic E-state index is 12.3. The fourth-order valence-electron chi connectivity index (χ4n) is 1.52. The summed E-state index contributed by atoms with van der Waals surface area (Å²) in [5, 5.41) is 9.27. The normalized spacial score (nSPS) is 21.2. The van der Waals surface area contributed by atoms with Gasteiger partial charge in [0.1, 0.15) is 0 Å². The van der Waals surface area contributed by atoms with Gasteiger partial charge in [-0.2, -0.15) is 13.2 Å². The minimum Gasteiger partial charge on any atom is -0.380 e. The maximum Gasteiger partial charge on any atom is 0.417 e. The highest BCUT2D eigenvalue weighted by Gasteiger charge is 2.54. The molecule has 1 rings (SSSR count). The van der Waals surface area contributed by atoms with Crippen molar-refractivity contribution >= 4 is 0 Å². The van der Waals surface area contributed by atoms with E-state index in [0.29, 0.717) is 13.1 Å². The molecule has 0 aromatic heterocycles. The first kappa shape index (κ1) is 15.7. The lowest BCUT2D eigenvalue weighted by molar-refractivity contribution is -0.272. The Labute approximate surface area is 95.4 Å². The van der Waals surface area contributed by atoms with Crippen molar-refractivity contribution in [2.45, 2.75) is 51.8 Å². The van der Waals surface area contributed by atoms with E-state index >= 15 is 0 Å². The molecular formula is C11H22F3NO. The van der Waals surface area contributed by atoms with Crippen LogP contribution in [0.25, 0.3) is 0 Å². The molecule has 0 atom stereocenters. The van der Waals surface area contributed by atoms with E-state index in [1.165, 1.54) is 6.42 Å². The number of likely N-dealkylation sites (tertiary alicyclic amines) is 1. The van der Waals surface area contributed by atoms with Crippen LogP contribution in [0.15, 0.2) is 0 Å². The van der Waals surface area contributed by atoms with Crippen molar-refractivity contribution < 1.29 is 18.3 Å². The quantitative estimate of drug-likeness (QED) is 0.763. The molecule has 1 aliphatic rings. The van der Waals surface area contributed by atoms with E-state index in [0.717, 1.165) is 6.54 Å². The van der Waals surface area contributed by atoms with E-state index in [-0.39, 0.29) is 12.8 Å². The van der Waals surface area contributed by atoms with Crippen LogP contribution in [0.5, 0.6) is 0 Å². The Kier molecular flexibility index (Phi) is 6.33. The van der Waals surface area contributed by atoms with Crippen LogP contribution >= 0.6 is 0 Å². The number of hydrogen-bond acceptors (Lipinski definition) is 2. The summed E-state index contributed by atoms with van der Waals surface area (Å²) in [4.78, 5) is 1.90. The van der Waals surface area contributed by atoms with Crippen molar-refractivity contribution in [3.05, 3.63) is 0 Å². The summed E-state index contributed by atoms with van der Waals surface area (Å²) in [5.41, 5.74) is -2.45. The largest absolute Gasteiger partial charge is 0.417 e. The van der Waals surface area contributed by atoms with Crippen LogP contribution < -0.4 is 0 Å². The van der Waals surface area contributed by atoms with Crippen LogP contribution in [0.3, 0.4) is 0 Å². The average molecular weight is 241 g/mol. The topological polar surface area (TPSA) is 23.5 Å². The summed E-state index contributed by atoms with van der Waals surface area (Å²) in [7, 11) is 0. The third kappa shape index (κ3) is 4.29. The molecule has 16 heavy (non-hydrogen) atoms. The summed E-state index contributed by atoms with van der Waals surface area (Å²) >= 11 is 0. The van der Waals surface area contributed by atoms with E-state index in [2.05, 4.69) is 13.8 Å². The van der Waals surface area contributed by atoms with Crippen molar-refractivity contribution in [1.82, 2.24) is 4.90 Å². The number of aliphatic hydroxyl groups is 1. The first-order valence-electron chi connectivity index (χ1n) is 5.82. The lowest BCUT2D eigenvalue weighted by atomic mass is 9.91. The average Bonchev–Trinajstić information content (AvgIpc) is 2.18. The number of piperidine rings is 1. The minimum absolute atomic E-state index is 0.204. The highest BCUT2D eigenvalue weighted by molar-refractivity contribution is 4.91. The molecule has 0 spiro atoms. The molecule has 0 unspecified atom stereocenters. The summed E-state index contributed by atoms with van der Waals surface area (Å²) in [6, 6.07) is 0. The van der Waals surface area contributed by atoms with Crippen molar-refractivity contribution in [3.63, 3.8) is 0 Å². The molecule has 1 N–H and O–H groups in total. The van der Waals surface area contributed by atoms with Crippen LogP contribution in [-0.2, 0) is 0 Å². The Morgan fingerprint density at radius 1 is 1.12 bits per heavy atom. The molecule has 1 saturated heterocycles. The molecule has 2 nitrogen and oxygen atoms in total. The zero-order chi connectivity index (χ0) is 12.8. The third-order valence-electron chi connectivity index (χ3n) is 2.66. The van der Waals surface area contributed by atoms with Gasteiger partial charge in [0.2, 0.25) is 0 Å². The smallest absolute Gasteiger partial charge is 0.380 e. The second-order valence-electron chi connectivity index (χ2n) is 4.17. The molecule has 1 fully saturated rings. The first-order chi connectivity index (χ1) is 7.30. The van der Waals surface area contributed by atoms with Gasteiger partial charge in [0.05, 0.1) is 0 Å².